The lowest BCUT2D eigenvalue weighted by atomic mass is 10.2. The van der Waals surface area contributed by atoms with Crippen molar-refractivity contribution in [3.05, 3.63) is 54.0 Å². The molecule has 0 saturated heterocycles. The largest absolute Gasteiger partial charge is 0.497 e. The molecule has 0 atom stereocenters. The maximum absolute atomic E-state index is 12.0. The van der Waals surface area contributed by atoms with Crippen molar-refractivity contribution in [3.8, 4) is 5.75 Å². The molecule has 26 heavy (non-hydrogen) atoms. The van der Waals surface area contributed by atoms with Gasteiger partial charge in [-0.15, -0.1) is 0 Å². The van der Waals surface area contributed by atoms with Crippen molar-refractivity contribution in [1.82, 2.24) is 15.5 Å². The number of rotatable bonds is 8. The van der Waals surface area contributed by atoms with Crippen LogP contribution in [0.25, 0.3) is 0 Å². The van der Waals surface area contributed by atoms with Crippen LogP contribution in [0.5, 0.6) is 5.75 Å². The highest BCUT2D eigenvalue weighted by Crippen LogP contribution is 2.12. The summed E-state index contributed by atoms with van der Waals surface area (Å²) in [6.07, 6.45) is 1.58. The Kier molecular flexibility index (Phi) is 7.54. The first-order chi connectivity index (χ1) is 12.6. The summed E-state index contributed by atoms with van der Waals surface area (Å²) >= 11 is 0. The van der Waals surface area contributed by atoms with Crippen molar-refractivity contribution in [2.45, 2.75) is 20.0 Å². The van der Waals surface area contributed by atoms with Gasteiger partial charge in [-0.3, -0.25) is 4.79 Å². The van der Waals surface area contributed by atoms with E-state index in [4.69, 9.17) is 9.15 Å². The molecule has 7 nitrogen and oxygen atoms in total. The quantitative estimate of drug-likeness (QED) is 0.557. The number of amides is 1. The average molecular weight is 358 g/mol. The summed E-state index contributed by atoms with van der Waals surface area (Å²) in [5, 5.41) is 5.99. The summed E-state index contributed by atoms with van der Waals surface area (Å²) < 4.78 is 10.4. The number of nitrogens with one attached hydrogen (secondary N) is 2. The van der Waals surface area contributed by atoms with Gasteiger partial charge in [0.2, 0.25) is 5.91 Å². The smallest absolute Gasteiger partial charge is 0.242 e. The molecule has 1 aromatic heterocycles. The number of benzene rings is 1. The van der Waals surface area contributed by atoms with Gasteiger partial charge >= 0.3 is 0 Å². The third-order valence-corrected chi connectivity index (χ3v) is 3.69. The van der Waals surface area contributed by atoms with Crippen LogP contribution in [0.4, 0.5) is 0 Å². The SMILES string of the molecule is CCNC(=NCC(=O)NCc1ccco1)N(C)Cc1ccc(OC)cc1. The maximum Gasteiger partial charge on any atom is 0.242 e. The normalized spacial score (nSPS) is 11.1. The van der Waals surface area contributed by atoms with Gasteiger partial charge in [0.1, 0.15) is 18.1 Å². The standard InChI is InChI=1S/C19H26N4O3/c1-4-20-19(22-13-18(24)21-12-17-6-5-11-26-17)23(2)14-15-7-9-16(25-3)10-8-15/h5-11H,4,12-14H2,1-3H3,(H,20,22)(H,21,24). The van der Waals surface area contributed by atoms with Crippen LogP contribution in [0.15, 0.2) is 52.1 Å². The number of hydrogen-bond acceptors (Lipinski definition) is 4. The molecular weight excluding hydrogens is 332 g/mol. The Morgan fingerprint density at radius 2 is 2.00 bits per heavy atom. The summed E-state index contributed by atoms with van der Waals surface area (Å²) in [5.74, 6) is 2.06. The number of carbonyl (C=O) groups excluding carboxylic acids is 1. The fraction of sp³-hybridized carbons (Fsp3) is 0.368. The third-order valence-electron chi connectivity index (χ3n) is 3.69. The number of aliphatic imine (C=N–C) groups is 1. The Morgan fingerprint density at radius 1 is 1.23 bits per heavy atom. The molecule has 140 valence electrons. The second-order valence-corrected chi connectivity index (χ2v) is 5.73. The second kappa shape index (κ2) is 10.1. The molecule has 2 N–H and O–H groups in total. The van der Waals surface area contributed by atoms with Gasteiger partial charge in [0.05, 0.1) is 19.9 Å². The molecule has 7 heteroatoms. The fourth-order valence-corrected chi connectivity index (χ4v) is 2.35. The molecule has 1 amide bonds. The van der Waals surface area contributed by atoms with E-state index in [1.165, 1.54) is 0 Å². The van der Waals surface area contributed by atoms with Gasteiger partial charge in [-0.1, -0.05) is 12.1 Å². The summed E-state index contributed by atoms with van der Waals surface area (Å²) in [5.41, 5.74) is 1.13. The van der Waals surface area contributed by atoms with Gasteiger partial charge in [0, 0.05) is 20.1 Å². The zero-order valence-electron chi connectivity index (χ0n) is 15.5. The molecule has 1 heterocycles. The predicted molar refractivity (Wildman–Crippen MR) is 101 cm³/mol. The molecule has 0 bridgehead atoms. The molecule has 0 saturated carbocycles. The number of nitrogens with zero attached hydrogens (tertiary/aromatic N) is 2. The van der Waals surface area contributed by atoms with Crippen LogP contribution in [0, 0.1) is 0 Å². The summed E-state index contributed by atoms with van der Waals surface area (Å²) in [4.78, 5) is 18.4. The Morgan fingerprint density at radius 3 is 2.62 bits per heavy atom. The lowest BCUT2D eigenvalue weighted by molar-refractivity contribution is -0.119. The minimum atomic E-state index is -0.158. The summed E-state index contributed by atoms with van der Waals surface area (Å²) in [6, 6.07) is 11.5. The lowest BCUT2D eigenvalue weighted by Gasteiger charge is -2.22. The number of ether oxygens (including phenoxy) is 1. The van der Waals surface area contributed by atoms with Gasteiger partial charge in [-0.05, 0) is 36.8 Å². The molecule has 1 aromatic carbocycles. The van der Waals surface area contributed by atoms with E-state index in [-0.39, 0.29) is 12.5 Å². The van der Waals surface area contributed by atoms with Crippen LogP contribution in [0.1, 0.15) is 18.2 Å². The lowest BCUT2D eigenvalue weighted by Crippen LogP contribution is -2.39. The number of hydrogen-bond donors (Lipinski definition) is 2. The zero-order chi connectivity index (χ0) is 18.8. The van der Waals surface area contributed by atoms with Crippen molar-refractivity contribution in [1.29, 1.82) is 0 Å². The first-order valence-electron chi connectivity index (χ1n) is 8.53. The number of furan rings is 1. The monoisotopic (exact) mass is 358 g/mol. The van der Waals surface area contributed by atoms with E-state index in [0.29, 0.717) is 24.8 Å². The van der Waals surface area contributed by atoms with E-state index < -0.39 is 0 Å². The van der Waals surface area contributed by atoms with Crippen LogP contribution < -0.4 is 15.4 Å². The summed E-state index contributed by atoms with van der Waals surface area (Å²) in [6.45, 7) is 3.80. The van der Waals surface area contributed by atoms with Gasteiger partial charge in [0.25, 0.3) is 0 Å². The number of guanidine groups is 1. The van der Waals surface area contributed by atoms with Gasteiger partial charge < -0.3 is 24.7 Å². The first-order valence-corrected chi connectivity index (χ1v) is 8.53. The predicted octanol–water partition coefficient (Wildman–Crippen LogP) is 2.00. The maximum atomic E-state index is 12.0. The van der Waals surface area contributed by atoms with Crippen LogP contribution >= 0.6 is 0 Å². The van der Waals surface area contributed by atoms with Crippen molar-refractivity contribution >= 4 is 11.9 Å². The third kappa shape index (κ3) is 6.16. The molecule has 0 aliphatic rings. The van der Waals surface area contributed by atoms with Crippen molar-refractivity contribution < 1.29 is 13.9 Å². The molecule has 0 fully saturated rings. The molecule has 0 radical (unpaired) electrons. The van der Waals surface area contributed by atoms with Crippen LogP contribution in [0.3, 0.4) is 0 Å². The molecular formula is C19H26N4O3. The number of methoxy groups -OCH3 is 1. The molecule has 0 spiro atoms. The van der Waals surface area contributed by atoms with Crippen molar-refractivity contribution in [3.63, 3.8) is 0 Å². The van der Waals surface area contributed by atoms with Crippen molar-refractivity contribution in [2.75, 3.05) is 27.2 Å². The average Bonchev–Trinajstić information content (AvgIpc) is 3.17. The van der Waals surface area contributed by atoms with Gasteiger partial charge in [-0.25, -0.2) is 4.99 Å². The first kappa shape index (κ1) is 19.4. The van der Waals surface area contributed by atoms with E-state index in [0.717, 1.165) is 17.9 Å². The fourth-order valence-electron chi connectivity index (χ4n) is 2.35. The molecule has 0 unspecified atom stereocenters. The topological polar surface area (TPSA) is 79.1 Å². The molecule has 0 aliphatic carbocycles. The molecule has 0 aliphatic heterocycles. The van der Waals surface area contributed by atoms with E-state index >= 15 is 0 Å². The minimum Gasteiger partial charge on any atom is -0.497 e. The van der Waals surface area contributed by atoms with Crippen molar-refractivity contribution in [2.24, 2.45) is 4.99 Å². The Bertz CT molecular complexity index is 696. The van der Waals surface area contributed by atoms with Crippen LogP contribution in [-0.4, -0.2) is 44.0 Å². The Balaban J connectivity index is 1.89. The molecule has 2 aromatic rings. The summed E-state index contributed by atoms with van der Waals surface area (Å²) in [7, 11) is 3.58. The van der Waals surface area contributed by atoms with E-state index in [9.17, 15) is 4.79 Å². The highest BCUT2D eigenvalue weighted by Gasteiger charge is 2.08. The van der Waals surface area contributed by atoms with Crippen LogP contribution in [-0.2, 0) is 17.9 Å². The van der Waals surface area contributed by atoms with Gasteiger partial charge in [-0.2, -0.15) is 0 Å². The van der Waals surface area contributed by atoms with E-state index in [2.05, 4.69) is 15.6 Å². The minimum absolute atomic E-state index is 0.0516. The highest BCUT2D eigenvalue weighted by atomic mass is 16.5. The highest BCUT2D eigenvalue weighted by molar-refractivity contribution is 5.84. The van der Waals surface area contributed by atoms with Gasteiger partial charge in [0.15, 0.2) is 5.96 Å². The van der Waals surface area contributed by atoms with E-state index in [1.807, 2.05) is 49.2 Å². The Labute approximate surface area is 154 Å². The van der Waals surface area contributed by atoms with E-state index in [1.54, 1.807) is 19.4 Å². The zero-order valence-corrected chi connectivity index (χ0v) is 15.5. The number of carbonyl (C=O) groups is 1. The van der Waals surface area contributed by atoms with Crippen LogP contribution in [0.2, 0.25) is 0 Å². The second-order valence-electron chi connectivity index (χ2n) is 5.73. The molecule has 2 rings (SSSR count). The Hall–Kier alpha value is -2.96.